The highest BCUT2D eigenvalue weighted by Crippen LogP contribution is 2.31. The van der Waals surface area contributed by atoms with Gasteiger partial charge in [0, 0.05) is 24.6 Å². The van der Waals surface area contributed by atoms with Crippen LogP contribution in [0.15, 0.2) is 36.1 Å². The zero-order chi connectivity index (χ0) is 17.3. The maximum Gasteiger partial charge on any atom is 0.257 e. The van der Waals surface area contributed by atoms with E-state index in [0.717, 1.165) is 5.56 Å². The van der Waals surface area contributed by atoms with E-state index >= 15 is 0 Å². The number of aryl methyl sites for hydroxylation is 1. The molecular formula is C18H21N3O3. The molecule has 2 aliphatic rings. The Balaban J connectivity index is 1.58. The third kappa shape index (κ3) is 3.04. The number of nitrogen functional groups attached to an aromatic ring is 1. The number of anilines is 1. The lowest BCUT2D eigenvalue weighted by Gasteiger charge is -2.18. The summed E-state index contributed by atoms with van der Waals surface area (Å²) < 4.78 is 5.76. The van der Waals surface area contributed by atoms with Gasteiger partial charge in [-0.3, -0.25) is 14.5 Å². The summed E-state index contributed by atoms with van der Waals surface area (Å²) in [6.07, 6.45) is 8.05. The molecule has 1 saturated heterocycles. The Morgan fingerprint density at radius 2 is 2.25 bits per heavy atom. The molecule has 1 aromatic rings. The van der Waals surface area contributed by atoms with Crippen molar-refractivity contribution in [2.75, 3.05) is 12.3 Å². The molecule has 0 bridgehead atoms. The van der Waals surface area contributed by atoms with Crippen molar-refractivity contribution < 1.29 is 14.3 Å². The first-order chi connectivity index (χ1) is 11.5. The Labute approximate surface area is 141 Å². The highest BCUT2D eigenvalue weighted by atomic mass is 16.5. The van der Waals surface area contributed by atoms with Crippen LogP contribution in [0.25, 0.3) is 0 Å². The van der Waals surface area contributed by atoms with Gasteiger partial charge in [-0.2, -0.15) is 0 Å². The van der Waals surface area contributed by atoms with Crippen molar-refractivity contribution in [3.63, 3.8) is 0 Å². The summed E-state index contributed by atoms with van der Waals surface area (Å²) in [7, 11) is 0. The summed E-state index contributed by atoms with van der Waals surface area (Å²) in [5.41, 5.74) is 7.86. The molecule has 6 heteroatoms. The molecule has 0 radical (unpaired) electrons. The summed E-state index contributed by atoms with van der Waals surface area (Å²) in [5, 5.41) is 0. The average molecular weight is 327 g/mol. The normalized spacial score (nSPS) is 20.8. The van der Waals surface area contributed by atoms with Crippen LogP contribution in [0, 0.1) is 12.8 Å². The van der Waals surface area contributed by atoms with E-state index in [1.54, 1.807) is 18.3 Å². The maximum absolute atomic E-state index is 12.4. The van der Waals surface area contributed by atoms with Crippen LogP contribution in [0.3, 0.4) is 0 Å². The number of carbonyl (C=O) groups is 2. The number of hydrogen-bond donors (Lipinski definition) is 1. The van der Waals surface area contributed by atoms with Gasteiger partial charge < -0.3 is 10.5 Å². The summed E-state index contributed by atoms with van der Waals surface area (Å²) in [5.74, 6) is -0.0961. The smallest absolute Gasteiger partial charge is 0.257 e. The number of hydrogen-bond acceptors (Lipinski definition) is 5. The van der Waals surface area contributed by atoms with E-state index < -0.39 is 0 Å². The van der Waals surface area contributed by atoms with Crippen molar-refractivity contribution in [1.29, 1.82) is 0 Å². The van der Waals surface area contributed by atoms with Crippen LogP contribution in [-0.2, 0) is 9.59 Å². The second kappa shape index (κ2) is 6.47. The molecule has 126 valence electrons. The molecule has 1 aliphatic carbocycles. The Morgan fingerprint density at radius 1 is 1.46 bits per heavy atom. The van der Waals surface area contributed by atoms with Gasteiger partial charge in [0.1, 0.15) is 0 Å². The predicted octanol–water partition coefficient (Wildman–Crippen LogP) is 2.00. The predicted molar refractivity (Wildman–Crippen MR) is 90.1 cm³/mol. The monoisotopic (exact) mass is 327 g/mol. The summed E-state index contributed by atoms with van der Waals surface area (Å²) in [6.45, 7) is 4.13. The van der Waals surface area contributed by atoms with Crippen LogP contribution in [0.1, 0.15) is 25.3 Å². The van der Waals surface area contributed by atoms with E-state index in [2.05, 4.69) is 4.98 Å². The van der Waals surface area contributed by atoms with Crippen molar-refractivity contribution >= 4 is 17.5 Å². The quantitative estimate of drug-likeness (QED) is 0.836. The van der Waals surface area contributed by atoms with E-state index in [1.807, 2.05) is 26.0 Å². The molecule has 3 rings (SSSR count). The number of imide groups is 1. The molecule has 2 N–H and O–H groups in total. The fraction of sp³-hybridized carbons (Fsp3) is 0.389. The van der Waals surface area contributed by atoms with Gasteiger partial charge in [0.15, 0.2) is 0 Å². The van der Waals surface area contributed by atoms with E-state index in [-0.39, 0.29) is 23.8 Å². The Morgan fingerprint density at radius 3 is 2.96 bits per heavy atom. The second-order valence-electron chi connectivity index (χ2n) is 6.23. The molecule has 24 heavy (non-hydrogen) atoms. The Bertz CT molecular complexity index is 739. The molecule has 1 fully saturated rings. The number of nitrogens with two attached hydrogens (primary N) is 1. The number of ether oxygens (including phenoxy) is 1. The highest BCUT2D eigenvalue weighted by molar-refractivity contribution is 6.15. The molecule has 0 aromatic carbocycles. The maximum atomic E-state index is 12.4. The first-order valence-corrected chi connectivity index (χ1v) is 8.08. The molecule has 2 heterocycles. The van der Waals surface area contributed by atoms with Gasteiger partial charge in [-0.25, -0.2) is 4.98 Å². The van der Waals surface area contributed by atoms with Gasteiger partial charge in [-0.15, -0.1) is 0 Å². The molecule has 0 spiro atoms. The molecule has 0 saturated carbocycles. The number of carbonyl (C=O) groups excluding carboxylic acids is 2. The van der Waals surface area contributed by atoms with Crippen LogP contribution < -0.4 is 10.5 Å². The lowest BCUT2D eigenvalue weighted by atomic mass is 9.94. The number of aromatic nitrogens is 1. The summed E-state index contributed by atoms with van der Waals surface area (Å²) >= 11 is 0. The number of fused-ring (bicyclic) bond motifs is 1. The largest absolute Gasteiger partial charge is 0.475 e. The van der Waals surface area contributed by atoms with Crippen LogP contribution >= 0.6 is 0 Å². The van der Waals surface area contributed by atoms with Gasteiger partial charge >= 0.3 is 0 Å². The molecule has 1 unspecified atom stereocenters. The van der Waals surface area contributed by atoms with Crippen LogP contribution in [0.2, 0.25) is 0 Å². The zero-order valence-electron chi connectivity index (χ0n) is 13.9. The van der Waals surface area contributed by atoms with Crippen molar-refractivity contribution in [1.82, 2.24) is 9.88 Å². The van der Waals surface area contributed by atoms with Crippen molar-refractivity contribution in [2.24, 2.45) is 5.92 Å². The molecule has 1 aromatic heterocycles. The fourth-order valence-corrected chi connectivity index (χ4v) is 2.92. The standard InChI is InChI=1S/C18H21N3O3/c1-11-9-16(20-10-15(11)19)24-12(2)7-8-21-17(22)13-5-3-4-6-14(13)18(21)23/h3-5,9-10,12,14H,6-8,19H2,1-2H3/t12-,14?/m1/s1. The third-order valence-corrected chi connectivity index (χ3v) is 4.42. The van der Waals surface area contributed by atoms with Crippen LogP contribution in [0.4, 0.5) is 5.69 Å². The fourth-order valence-electron chi connectivity index (χ4n) is 2.92. The van der Waals surface area contributed by atoms with Crippen molar-refractivity contribution in [3.8, 4) is 5.88 Å². The molecule has 6 nitrogen and oxygen atoms in total. The van der Waals surface area contributed by atoms with E-state index in [1.165, 1.54) is 4.90 Å². The van der Waals surface area contributed by atoms with Gasteiger partial charge in [0.2, 0.25) is 11.8 Å². The molecular weight excluding hydrogens is 306 g/mol. The topological polar surface area (TPSA) is 85.5 Å². The lowest BCUT2D eigenvalue weighted by Crippen LogP contribution is -2.34. The molecule has 1 aliphatic heterocycles. The summed E-state index contributed by atoms with van der Waals surface area (Å²) in [6, 6.07) is 1.78. The van der Waals surface area contributed by atoms with Gasteiger partial charge in [-0.05, 0) is 25.8 Å². The number of nitrogens with zero attached hydrogens (tertiary/aromatic N) is 2. The lowest BCUT2D eigenvalue weighted by molar-refractivity contribution is -0.139. The minimum absolute atomic E-state index is 0.107. The van der Waals surface area contributed by atoms with Crippen molar-refractivity contribution in [3.05, 3.63) is 41.6 Å². The van der Waals surface area contributed by atoms with Gasteiger partial charge in [-0.1, -0.05) is 18.2 Å². The zero-order valence-corrected chi connectivity index (χ0v) is 13.9. The number of amides is 2. The van der Waals surface area contributed by atoms with E-state index in [9.17, 15) is 9.59 Å². The number of pyridine rings is 1. The molecule has 2 atom stereocenters. The Kier molecular flexibility index (Phi) is 4.38. The third-order valence-electron chi connectivity index (χ3n) is 4.42. The Hall–Kier alpha value is -2.63. The number of rotatable bonds is 5. The minimum Gasteiger partial charge on any atom is -0.475 e. The minimum atomic E-state index is -0.305. The van der Waals surface area contributed by atoms with Gasteiger partial charge in [0.05, 0.1) is 23.9 Å². The number of likely N-dealkylation sites (tertiary alicyclic amines) is 1. The summed E-state index contributed by atoms with van der Waals surface area (Å²) in [4.78, 5) is 30.2. The van der Waals surface area contributed by atoms with Gasteiger partial charge in [0.25, 0.3) is 5.91 Å². The van der Waals surface area contributed by atoms with E-state index in [4.69, 9.17) is 10.5 Å². The SMILES string of the molecule is Cc1cc(O[C@H](C)CCN2C(=O)C3=CC=CCC3C2=O)ncc1N. The highest BCUT2D eigenvalue weighted by Gasteiger charge is 2.42. The first kappa shape index (κ1) is 16.2. The van der Waals surface area contributed by atoms with E-state index in [0.29, 0.717) is 36.5 Å². The average Bonchev–Trinajstić information content (AvgIpc) is 2.81. The van der Waals surface area contributed by atoms with Crippen LogP contribution in [-0.4, -0.2) is 34.3 Å². The number of allylic oxidation sites excluding steroid dienone is 3. The second-order valence-corrected chi connectivity index (χ2v) is 6.23. The van der Waals surface area contributed by atoms with Crippen molar-refractivity contribution in [2.45, 2.75) is 32.8 Å². The van der Waals surface area contributed by atoms with Crippen LogP contribution in [0.5, 0.6) is 5.88 Å². The first-order valence-electron chi connectivity index (χ1n) is 8.08. The molecule has 2 amide bonds.